The van der Waals surface area contributed by atoms with Crippen LogP contribution in [-0.4, -0.2) is 56.2 Å². The Bertz CT molecular complexity index is 945. The van der Waals surface area contributed by atoms with E-state index in [0.717, 1.165) is 43.4 Å². The summed E-state index contributed by atoms with van der Waals surface area (Å²) >= 11 is 0. The van der Waals surface area contributed by atoms with Crippen molar-refractivity contribution in [3.8, 4) is 0 Å². The Balaban J connectivity index is 1.34. The zero-order chi connectivity index (χ0) is 19.5. The second-order valence-electron chi connectivity index (χ2n) is 7.84. The van der Waals surface area contributed by atoms with Crippen LogP contribution in [-0.2, 0) is 13.5 Å². The number of hydrogen-bond acceptors (Lipinski definition) is 4. The Morgan fingerprint density at radius 2 is 2.32 bits per heavy atom. The summed E-state index contributed by atoms with van der Waals surface area (Å²) in [4.78, 5) is 22.7. The number of H-pyrrole nitrogens is 1. The fraction of sp³-hybridized carbons (Fsp3) is 0.476. The first-order chi connectivity index (χ1) is 13.6. The molecule has 148 valence electrons. The SMILES string of the molecule is CC(NC(=O)c1nccc2[nH]ccc12)C1CCCN(CCc2cnn(C)c2)C1. The molecule has 7 heteroatoms. The maximum Gasteiger partial charge on any atom is 0.270 e. The summed E-state index contributed by atoms with van der Waals surface area (Å²) in [5.74, 6) is 0.363. The van der Waals surface area contributed by atoms with Crippen molar-refractivity contribution in [1.29, 1.82) is 0 Å². The van der Waals surface area contributed by atoms with Gasteiger partial charge in [0.2, 0.25) is 0 Å². The molecule has 4 heterocycles. The molecule has 0 spiro atoms. The standard InChI is InChI=1S/C21H28N6O/c1-15(25-21(28)20-18-5-8-22-19(18)6-9-23-20)17-4-3-10-27(14-17)11-7-16-12-24-26(2)13-16/h5-6,8-9,12-13,15,17,22H,3-4,7,10-11,14H2,1-2H3,(H,25,28). The molecule has 0 aliphatic carbocycles. The molecule has 28 heavy (non-hydrogen) atoms. The van der Waals surface area contributed by atoms with E-state index in [2.05, 4.69) is 38.4 Å². The van der Waals surface area contributed by atoms with Gasteiger partial charge < -0.3 is 15.2 Å². The Labute approximate surface area is 165 Å². The molecule has 2 N–H and O–H groups in total. The van der Waals surface area contributed by atoms with Gasteiger partial charge in [0.25, 0.3) is 5.91 Å². The summed E-state index contributed by atoms with van der Waals surface area (Å²) in [5, 5.41) is 8.30. The van der Waals surface area contributed by atoms with Gasteiger partial charge in [-0.05, 0) is 56.3 Å². The molecule has 3 aromatic heterocycles. The number of fused-ring (bicyclic) bond motifs is 1. The van der Waals surface area contributed by atoms with Crippen LogP contribution in [0, 0.1) is 5.92 Å². The highest BCUT2D eigenvalue weighted by Gasteiger charge is 2.26. The molecule has 2 unspecified atom stereocenters. The van der Waals surface area contributed by atoms with E-state index in [1.807, 2.05) is 36.3 Å². The van der Waals surface area contributed by atoms with E-state index >= 15 is 0 Å². The van der Waals surface area contributed by atoms with Crippen LogP contribution in [0.3, 0.4) is 0 Å². The minimum atomic E-state index is -0.0924. The molecule has 1 aliphatic heterocycles. The minimum Gasteiger partial charge on any atom is -0.361 e. The van der Waals surface area contributed by atoms with Gasteiger partial charge in [-0.1, -0.05) is 0 Å². The average molecular weight is 380 g/mol. The number of nitrogens with one attached hydrogen (secondary N) is 2. The van der Waals surface area contributed by atoms with Gasteiger partial charge in [-0.2, -0.15) is 5.10 Å². The van der Waals surface area contributed by atoms with Gasteiger partial charge in [0.05, 0.1) is 6.20 Å². The predicted octanol–water partition coefficient (Wildman–Crippen LogP) is 2.37. The van der Waals surface area contributed by atoms with E-state index in [4.69, 9.17) is 0 Å². The third-order valence-corrected chi connectivity index (χ3v) is 5.78. The third-order valence-electron chi connectivity index (χ3n) is 5.78. The number of likely N-dealkylation sites (tertiary alicyclic amines) is 1. The summed E-state index contributed by atoms with van der Waals surface area (Å²) in [6, 6.07) is 3.91. The number of carbonyl (C=O) groups excluding carboxylic acids is 1. The molecule has 2 atom stereocenters. The normalized spacial score (nSPS) is 19.0. The van der Waals surface area contributed by atoms with Crippen molar-refractivity contribution in [2.24, 2.45) is 13.0 Å². The van der Waals surface area contributed by atoms with Gasteiger partial charge >= 0.3 is 0 Å². The van der Waals surface area contributed by atoms with Crippen molar-refractivity contribution in [3.63, 3.8) is 0 Å². The molecule has 3 aromatic rings. The lowest BCUT2D eigenvalue weighted by molar-refractivity contribution is 0.0892. The average Bonchev–Trinajstić information content (AvgIpc) is 3.35. The highest BCUT2D eigenvalue weighted by atomic mass is 16.1. The molecule has 1 fully saturated rings. The van der Waals surface area contributed by atoms with Crippen molar-refractivity contribution in [3.05, 3.63) is 48.2 Å². The monoisotopic (exact) mass is 380 g/mol. The number of amides is 1. The number of piperidine rings is 1. The number of nitrogens with zero attached hydrogens (tertiary/aromatic N) is 4. The van der Waals surface area contributed by atoms with Crippen LogP contribution in [0.2, 0.25) is 0 Å². The first kappa shape index (κ1) is 18.7. The highest BCUT2D eigenvalue weighted by Crippen LogP contribution is 2.21. The van der Waals surface area contributed by atoms with Crippen molar-refractivity contribution in [2.75, 3.05) is 19.6 Å². The van der Waals surface area contributed by atoms with Gasteiger partial charge in [0.1, 0.15) is 5.69 Å². The van der Waals surface area contributed by atoms with Crippen molar-refractivity contribution < 1.29 is 4.79 Å². The fourth-order valence-electron chi connectivity index (χ4n) is 4.15. The number of pyridine rings is 1. The van der Waals surface area contributed by atoms with E-state index in [0.29, 0.717) is 11.6 Å². The van der Waals surface area contributed by atoms with Crippen LogP contribution in [0.15, 0.2) is 36.9 Å². The summed E-state index contributed by atoms with van der Waals surface area (Å²) in [6.07, 6.45) is 10.9. The Hall–Kier alpha value is -2.67. The van der Waals surface area contributed by atoms with E-state index < -0.39 is 0 Å². The second kappa shape index (κ2) is 8.14. The predicted molar refractivity (Wildman–Crippen MR) is 109 cm³/mol. The molecule has 0 radical (unpaired) electrons. The second-order valence-corrected chi connectivity index (χ2v) is 7.84. The van der Waals surface area contributed by atoms with Gasteiger partial charge in [-0.3, -0.25) is 14.5 Å². The fourth-order valence-corrected chi connectivity index (χ4v) is 4.15. The molecule has 1 aliphatic rings. The van der Waals surface area contributed by atoms with Crippen LogP contribution >= 0.6 is 0 Å². The molecule has 0 aromatic carbocycles. The molecule has 0 saturated carbocycles. The zero-order valence-electron chi connectivity index (χ0n) is 16.6. The number of aromatic nitrogens is 4. The molecule has 1 saturated heterocycles. The van der Waals surface area contributed by atoms with Crippen LogP contribution in [0.1, 0.15) is 35.8 Å². The quantitative estimate of drug-likeness (QED) is 0.688. The largest absolute Gasteiger partial charge is 0.361 e. The lowest BCUT2D eigenvalue weighted by atomic mass is 9.91. The lowest BCUT2D eigenvalue weighted by Gasteiger charge is -2.36. The molecule has 4 rings (SSSR count). The van der Waals surface area contributed by atoms with Crippen LogP contribution in [0.4, 0.5) is 0 Å². The first-order valence-electron chi connectivity index (χ1n) is 10.0. The Kier molecular flexibility index (Phi) is 5.43. The van der Waals surface area contributed by atoms with Crippen molar-refractivity contribution >= 4 is 16.8 Å². The summed E-state index contributed by atoms with van der Waals surface area (Å²) in [7, 11) is 1.95. The number of hydrogen-bond donors (Lipinski definition) is 2. The minimum absolute atomic E-state index is 0.0924. The topological polar surface area (TPSA) is 78.8 Å². The van der Waals surface area contributed by atoms with E-state index in [-0.39, 0.29) is 11.9 Å². The van der Waals surface area contributed by atoms with Crippen LogP contribution < -0.4 is 5.32 Å². The Morgan fingerprint density at radius 1 is 1.43 bits per heavy atom. The van der Waals surface area contributed by atoms with Gasteiger partial charge in [0, 0.05) is 55.7 Å². The Morgan fingerprint density at radius 3 is 3.14 bits per heavy atom. The maximum absolute atomic E-state index is 12.8. The van der Waals surface area contributed by atoms with Gasteiger partial charge in [0.15, 0.2) is 0 Å². The molecule has 0 bridgehead atoms. The van der Waals surface area contributed by atoms with Crippen molar-refractivity contribution in [1.82, 2.24) is 30.0 Å². The summed E-state index contributed by atoms with van der Waals surface area (Å²) in [5.41, 5.74) is 2.71. The van der Waals surface area contributed by atoms with Crippen LogP contribution in [0.5, 0.6) is 0 Å². The zero-order valence-corrected chi connectivity index (χ0v) is 16.6. The number of aryl methyl sites for hydroxylation is 1. The summed E-state index contributed by atoms with van der Waals surface area (Å²) in [6.45, 7) is 5.29. The number of carbonyl (C=O) groups is 1. The van der Waals surface area contributed by atoms with E-state index in [9.17, 15) is 4.79 Å². The maximum atomic E-state index is 12.8. The first-order valence-corrected chi connectivity index (χ1v) is 10.0. The van der Waals surface area contributed by atoms with Crippen molar-refractivity contribution in [2.45, 2.75) is 32.2 Å². The molecule has 1 amide bonds. The third kappa shape index (κ3) is 4.09. The molecular formula is C21H28N6O. The lowest BCUT2D eigenvalue weighted by Crippen LogP contribution is -2.46. The van der Waals surface area contributed by atoms with E-state index in [1.54, 1.807) is 6.20 Å². The molecular weight excluding hydrogens is 352 g/mol. The van der Waals surface area contributed by atoms with Gasteiger partial charge in [-0.25, -0.2) is 0 Å². The summed E-state index contributed by atoms with van der Waals surface area (Å²) < 4.78 is 1.85. The highest BCUT2D eigenvalue weighted by molar-refractivity contribution is 6.04. The van der Waals surface area contributed by atoms with Crippen LogP contribution in [0.25, 0.3) is 10.9 Å². The number of rotatable bonds is 6. The smallest absolute Gasteiger partial charge is 0.270 e. The van der Waals surface area contributed by atoms with E-state index in [1.165, 1.54) is 12.0 Å². The molecule has 7 nitrogen and oxygen atoms in total. The number of aromatic amines is 1. The van der Waals surface area contributed by atoms with Gasteiger partial charge in [-0.15, -0.1) is 0 Å².